The number of nitrogens with zero attached hydrogens (tertiary/aromatic N) is 2. The van der Waals surface area contributed by atoms with Crippen LogP contribution in [0.2, 0.25) is 0 Å². The number of nitrogens with one attached hydrogen (secondary N) is 2. The number of hydrogen-bond donors (Lipinski definition) is 2. The number of thiazole rings is 1. The molecule has 0 aliphatic heterocycles. The summed E-state index contributed by atoms with van der Waals surface area (Å²) in [4.78, 5) is 8.19. The van der Waals surface area contributed by atoms with Crippen molar-refractivity contribution in [2.75, 3.05) is 20.6 Å². The highest BCUT2D eigenvalue weighted by Gasteiger charge is 1.96. The summed E-state index contributed by atoms with van der Waals surface area (Å²) in [6.07, 6.45) is 2.77. The number of aromatic nitrogens is 1. The molecule has 0 radical (unpaired) electrons. The minimum absolute atomic E-state index is 0.816. The smallest absolute Gasteiger partial charge is 0.190 e. The first-order chi connectivity index (χ1) is 6.36. The Morgan fingerprint density at radius 2 is 2.54 bits per heavy atom. The van der Waals surface area contributed by atoms with Crippen LogP contribution in [0.3, 0.4) is 0 Å². The highest BCUT2D eigenvalue weighted by molar-refractivity contribution is 7.09. The lowest BCUT2D eigenvalue weighted by atomic mass is 10.4. The summed E-state index contributed by atoms with van der Waals surface area (Å²) < 4.78 is 0. The zero-order chi connectivity index (χ0) is 9.52. The second kappa shape index (κ2) is 5.53. The lowest BCUT2D eigenvalue weighted by molar-refractivity contribution is 0.829. The van der Waals surface area contributed by atoms with Crippen molar-refractivity contribution in [2.45, 2.75) is 6.42 Å². The Kier molecular flexibility index (Phi) is 4.25. The summed E-state index contributed by atoms with van der Waals surface area (Å²) in [7, 11) is 3.60. The van der Waals surface area contributed by atoms with Crippen LogP contribution >= 0.6 is 11.3 Å². The molecule has 72 valence electrons. The van der Waals surface area contributed by atoms with Crippen molar-refractivity contribution in [3.05, 3.63) is 16.6 Å². The van der Waals surface area contributed by atoms with Gasteiger partial charge in [0.15, 0.2) is 5.96 Å². The monoisotopic (exact) mass is 198 g/mol. The molecule has 0 amide bonds. The van der Waals surface area contributed by atoms with E-state index in [1.165, 1.54) is 0 Å². The van der Waals surface area contributed by atoms with E-state index in [1.54, 1.807) is 18.4 Å². The molecule has 0 fully saturated rings. The summed E-state index contributed by atoms with van der Waals surface area (Å²) in [5, 5.41) is 9.26. The van der Waals surface area contributed by atoms with Crippen molar-refractivity contribution in [1.29, 1.82) is 0 Å². The van der Waals surface area contributed by atoms with Crippen molar-refractivity contribution in [1.82, 2.24) is 15.6 Å². The highest BCUT2D eigenvalue weighted by Crippen LogP contribution is 2.03. The molecule has 0 atom stereocenters. The molecule has 0 aliphatic rings. The molecule has 0 aromatic carbocycles. The Bertz CT molecular complexity index is 255. The van der Waals surface area contributed by atoms with Gasteiger partial charge in [-0.3, -0.25) is 4.99 Å². The maximum absolute atomic E-state index is 4.18. The molecule has 0 aliphatic carbocycles. The Labute approximate surface area is 82.1 Å². The molecule has 0 unspecified atom stereocenters. The summed E-state index contributed by atoms with van der Waals surface area (Å²) in [5.41, 5.74) is 0. The number of rotatable bonds is 3. The van der Waals surface area contributed by atoms with Crippen LogP contribution in [0.5, 0.6) is 0 Å². The van der Waals surface area contributed by atoms with Crippen molar-refractivity contribution < 1.29 is 0 Å². The van der Waals surface area contributed by atoms with Gasteiger partial charge in [-0.25, -0.2) is 4.98 Å². The SMILES string of the molecule is CN=C(NC)NCCc1nccs1. The third-order valence-corrected chi connectivity index (χ3v) is 2.41. The first-order valence-corrected chi connectivity index (χ1v) is 5.01. The molecule has 1 rings (SSSR count). The van der Waals surface area contributed by atoms with Gasteiger partial charge in [0.05, 0.1) is 5.01 Å². The van der Waals surface area contributed by atoms with E-state index >= 15 is 0 Å². The van der Waals surface area contributed by atoms with Gasteiger partial charge < -0.3 is 10.6 Å². The Morgan fingerprint density at radius 1 is 1.69 bits per heavy atom. The molecule has 13 heavy (non-hydrogen) atoms. The fourth-order valence-electron chi connectivity index (χ4n) is 0.944. The molecule has 2 N–H and O–H groups in total. The zero-order valence-electron chi connectivity index (χ0n) is 7.87. The van der Waals surface area contributed by atoms with Gasteiger partial charge in [0.1, 0.15) is 0 Å². The van der Waals surface area contributed by atoms with E-state index in [1.807, 2.05) is 18.6 Å². The van der Waals surface area contributed by atoms with E-state index in [9.17, 15) is 0 Å². The highest BCUT2D eigenvalue weighted by atomic mass is 32.1. The summed E-state index contributed by atoms with van der Waals surface area (Å²) in [5.74, 6) is 0.816. The lowest BCUT2D eigenvalue weighted by Gasteiger charge is -2.06. The van der Waals surface area contributed by atoms with Crippen LogP contribution < -0.4 is 10.6 Å². The van der Waals surface area contributed by atoms with E-state index in [4.69, 9.17) is 0 Å². The van der Waals surface area contributed by atoms with Crippen LogP contribution in [-0.2, 0) is 6.42 Å². The minimum atomic E-state index is 0.816. The van der Waals surface area contributed by atoms with Crippen molar-refractivity contribution >= 4 is 17.3 Å². The third kappa shape index (κ3) is 3.42. The molecule has 0 saturated heterocycles. The predicted molar refractivity (Wildman–Crippen MR) is 56.2 cm³/mol. The van der Waals surface area contributed by atoms with Gasteiger partial charge in [-0.05, 0) is 0 Å². The lowest BCUT2D eigenvalue weighted by Crippen LogP contribution is -2.35. The second-order valence-electron chi connectivity index (χ2n) is 2.42. The summed E-state index contributed by atoms with van der Waals surface area (Å²) in [6, 6.07) is 0. The maximum atomic E-state index is 4.18. The minimum Gasteiger partial charge on any atom is -0.359 e. The first-order valence-electron chi connectivity index (χ1n) is 4.13. The van der Waals surface area contributed by atoms with Crippen molar-refractivity contribution in [3.8, 4) is 0 Å². The van der Waals surface area contributed by atoms with Gasteiger partial charge >= 0.3 is 0 Å². The zero-order valence-corrected chi connectivity index (χ0v) is 8.69. The van der Waals surface area contributed by atoms with Gasteiger partial charge in [0.25, 0.3) is 0 Å². The summed E-state index contributed by atoms with van der Waals surface area (Å²) in [6.45, 7) is 0.862. The van der Waals surface area contributed by atoms with Crippen molar-refractivity contribution in [3.63, 3.8) is 0 Å². The Morgan fingerprint density at radius 3 is 3.08 bits per heavy atom. The molecule has 1 heterocycles. The molecule has 5 heteroatoms. The molecule has 0 spiro atoms. The van der Waals surface area contributed by atoms with E-state index in [0.717, 1.165) is 23.9 Å². The first kappa shape index (κ1) is 9.98. The summed E-state index contributed by atoms with van der Waals surface area (Å²) >= 11 is 1.68. The van der Waals surface area contributed by atoms with Crippen molar-refractivity contribution in [2.24, 2.45) is 4.99 Å². The van der Waals surface area contributed by atoms with E-state index in [2.05, 4.69) is 20.6 Å². The maximum Gasteiger partial charge on any atom is 0.190 e. The molecule has 1 aromatic heterocycles. The molecule has 0 saturated carbocycles. The predicted octanol–water partition coefficient (Wildman–Crippen LogP) is 0.480. The van der Waals surface area contributed by atoms with E-state index in [0.29, 0.717) is 0 Å². The number of guanidine groups is 1. The second-order valence-corrected chi connectivity index (χ2v) is 3.40. The van der Waals surface area contributed by atoms with Crippen LogP contribution in [0.15, 0.2) is 16.6 Å². The fourth-order valence-corrected chi connectivity index (χ4v) is 1.56. The van der Waals surface area contributed by atoms with Crippen LogP contribution in [-0.4, -0.2) is 31.6 Å². The van der Waals surface area contributed by atoms with Gasteiger partial charge in [0.2, 0.25) is 0 Å². The van der Waals surface area contributed by atoms with Crippen LogP contribution in [0.25, 0.3) is 0 Å². The molecule has 0 bridgehead atoms. The van der Waals surface area contributed by atoms with Gasteiger partial charge in [-0.2, -0.15) is 0 Å². The standard InChI is InChI=1S/C8H14N4S/c1-9-8(10-2)12-4-3-7-11-5-6-13-7/h5-6H,3-4H2,1-2H3,(H2,9,10,12). The average Bonchev–Trinajstić information content (AvgIpc) is 2.65. The Hall–Kier alpha value is -1.10. The largest absolute Gasteiger partial charge is 0.359 e. The quantitative estimate of drug-likeness (QED) is 0.548. The van der Waals surface area contributed by atoms with Crippen LogP contribution in [0, 0.1) is 0 Å². The topological polar surface area (TPSA) is 49.3 Å². The van der Waals surface area contributed by atoms with Gasteiger partial charge in [-0.1, -0.05) is 0 Å². The number of hydrogen-bond acceptors (Lipinski definition) is 3. The Balaban J connectivity index is 2.21. The van der Waals surface area contributed by atoms with E-state index < -0.39 is 0 Å². The molecular weight excluding hydrogens is 184 g/mol. The van der Waals surface area contributed by atoms with Crippen LogP contribution in [0.1, 0.15) is 5.01 Å². The number of aliphatic imine (C=N–C) groups is 1. The molecular formula is C8H14N4S. The molecule has 4 nitrogen and oxygen atoms in total. The van der Waals surface area contributed by atoms with Gasteiger partial charge in [0, 0.05) is 38.6 Å². The average molecular weight is 198 g/mol. The van der Waals surface area contributed by atoms with Crippen LogP contribution in [0.4, 0.5) is 0 Å². The third-order valence-electron chi connectivity index (χ3n) is 1.58. The fraction of sp³-hybridized carbons (Fsp3) is 0.500. The molecule has 1 aromatic rings. The van der Waals surface area contributed by atoms with E-state index in [-0.39, 0.29) is 0 Å². The normalized spacial score (nSPS) is 11.4. The van der Waals surface area contributed by atoms with Gasteiger partial charge in [-0.15, -0.1) is 11.3 Å².